The van der Waals surface area contributed by atoms with Gasteiger partial charge in [-0.15, -0.1) is 0 Å². The SMILES string of the molecule is O=C([O-])C(c1ccccc1)C(O)c1ccccc1. The second-order valence-corrected chi connectivity index (χ2v) is 4.06. The Morgan fingerprint density at radius 1 is 0.889 bits per heavy atom. The van der Waals surface area contributed by atoms with E-state index in [9.17, 15) is 15.0 Å². The molecule has 0 heterocycles. The molecule has 0 fully saturated rings. The second kappa shape index (κ2) is 5.47. The summed E-state index contributed by atoms with van der Waals surface area (Å²) in [4.78, 5) is 11.2. The lowest BCUT2D eigenvalue weighted by molar-refractivity contribution is -0.310. The molecule has 0 aromatic heterocycles. The number of aliphatic carboxylic acids is 1. The smallest absolute Gasteiger partial charge is 0.0911 e. The Hall–Kier alpha value is -2.13. The predicted molar refractivity (Wildman–Crippen MR) is 65.6 cm³/mol. The van der Waals surface area contributed by atoms with Crippen LogP contribution in [0.2, 0.25) is 0 Å². The van der Waals surface area contributed by atoms with Crippen LogP contribution in [0.5, 0.6) is 0 Å². The first kappa shape index (κ1) is 12.3. The van der Waals surface area contributed by atoms with E-state index in [1.807, 2.05) is 6.07 Å². The molecule has 2 aromatic carbocycles. The number of hydrogen-bond acceptors (Lipinski definition) is 3. The maximum atomic E-state index is 11.2. The third kappa shape index (κ3) is 2.57. The van der Waals surface area contributed by atoms with Crippen molar-refractivity contribution in [3.8, 4) is 0 Å². The van der Waals surface area contributed by atoms with E-state index in [-0.39, 0.29) is 0 Å². The van der Waals surface area contributed by atoms with Crippen LogP contribution < -0.4 is 5.11 Å². The van der Waals surface area contributed by atoms with Gasteiger partial charge in [0.15, 0.2) is 0 Å². The van der Waals surface area contributed by atoms with Gasteiger partial charge in [-0.05, 0) is 11.1 Å². The highest BCUT2D eigenvalue weighted by Crippen LogP contribution is 2.30. The molecular weight excluding hydrogens is 228 g/mol. The summed E-state index contributed by atoms with van der Waals surface area (Å²) in [7, 11) is 0. The topological polar surface area (TPSA) is 60.4 Å². The number of aliphatic hydroxyl groups excluding tert-OH is 1. The van der Waals surface area contributed by atoms with Gasteiger partial charge in [0.25, 0.3) is 0 Å². The van der Waals surface area contributed by atoms with Crippen LogP contribution in [0.1, 0.15) is 23.1 Å². The Morgan fingerprint density at radius 3 is 1.78 bits per heavy atom. The van der Waals surface area contributed by atoms with E-state index in [1.54, 1.807) is 54.6 Å². The van der Waals surface area contributed by atoms with Gasteiger partial charge in [-0.25, -0.2) is 0 Å². The fourth-order valence-electron chi connectivity index (χ4n) is 1.95. The third-order valence-corrected chi connectivity index (χ3v) is 2.87. The Morgan fingerprint density at radius 2 is 1.33 bits per heavy atom. The lowest BCUT2D eigenvalue weighted by Crippen LogP contribution is -2.33. The van der Waals surface area contributed by atoms with Gasteiger partial charge in [-0.2, -0.15) is 0 Å². The van der Waals surface area contributed by atoms with Gasteiger partial charge in [-0.1, -0.05) is 60.7 Å². The molecule has 92 valence electrons. The van der Waals surface area contributed by atoms with Crippen molar-refractivity contribution in [2.75, 3.05) is 0 Å². The van der Waals surface area contributed by atoms with Crippen LogP contribution >= 0.6 is 0 Å². The molecule has 1 N–H and O–H groups in total. The Balaban J connectivity index is 2.35. The minimum absolute atomic E-state index is 0.536. The van der Waals surface area contributed by atoms with Crippen molar-refractivity contribution in [2.45, 2.75) is 12.0 Å². The largest absolute Gasteiger partial charge is 0.549 e. The van der Waals surface area contributed by atoms with Crippen molar-refractivity contribution < 1.29 is 15.0 Å². The number of carbonyl (C=O) groups excluding carboxylic acids is 1. The first-order valence-corrected chi connectivity index (χ1v) is 5.69. The van der Waals surface area contributed by atoms with E-state index in [0.717, 1.165) is 0 Å². The van der Waals surface area contributed by atoms with Crippen LogP contribution in [0.4, 0.5) is 0 Å². The summed E-state index contributed by atoms with van der Waals surface area (Å²) in [5.41, 5.74) is 1.10. The summed E-state index contributed by atoms with van der Waals surface area (Å²) in [5, 5.41) is 21.4. The monoisotopic (exact) mass is 241 g/mol. The number of carbonyl (C=O) groups is 1. The van der Waals surface area contributed by atoms with Crippen LogP contribution in [-0.2, 0) is 4.79 Å². The number of carboxylic acid groups (broad SMARTS) is 1. The summed E-state index contributed by atoms with van der Waals surface area (Å²) in [5.74, 6) is -2.34. The Kier molecular flexibility index (Phi) is 3.75. The molecule has 2 unspecified atom stereocenters. The molecule has 2 aromatic rings. The summed E-state index contributed by atoms with van der Waals surface area (Å²) in [6.07, 6.45) is -1.11. The highest BCUT2D eigenvalue weighted by atomic mass is 16.4. The van der Waals surface area contributed by atoms with E-state index in [2.05, 4.69) is 0 Å². The van der Waals surface area contributed by atoms with Gasteiger partial charge in [0.1, 0.15) is 0 Å². The standard InChI is InChI=1S/C15H14O3/c16-14(12-9-5-2-6-10-12)13(15(17)18)11-7-3-1-4-8-11/h1-10,13-14,16H,(H,17,18)/p-1. The minimum atomic E-state index is -1.28. The zero-order valence-corrected chi connectivity index (χ0v) is 9.69. The molecule has 0 amide bonds. The fourth-order valence-corrected chi connectivity index (χ4v) is 1.95. The lowest BCUT2D eigenvalue weighted by atomic mass is 9.89. The molecular formula is C15H13O3-. The molecule has 0 aliphatic rings. The van der Waals surface area contributed by atoms with Gasteiger partial charge in [0, 0.05) is 0 Å². The molecule has 2 rings (SSSR count). The minimum Gasteiger partial charge on any atom is -0.549 e. The predicted octanol–water partition coefficient (Wildman–Crippen LogP) is 1.25. The molecule has 3 nitrogen and oxygen atoms in total. The number of benzene rings is 2. The van der Waals surface area contributed by atoms with E-state index >= 15 is 0 Å². The molecule has 0 aliphatic heterocycles. The number of carboxylic acids is 1. The van der Waals surface area contributed by atoms with E-state index in [0.29, 0.717) is 11.1 Å². The fraction of sp³-hybridized carbons (Fsp3) is 0.133. The highest BCUT2D eigenvalue weighted by Gasteiger charge is 2.23. The van der Waals surface area contributed by atoms with Crippen molar-refractivity contribution >= 4 is 5.97 Å². The normalized spacial score (nSPS) is 13.8. The second-order valence-electron chi connectivity index (χ2n) is 4.06. The number of hydrogen-bond donors (Lipinski definition) is 1. The summed E-state index contributed by atoms with van der Waals surface area (Å²) < 4.78 is 0. The first-order valence-electron chi connectivity index (χ1n) is 5.69. The van der Waals surface area contributed by atoms with E-state index in [1.165, 1.54) is 0 Å². The van der Waals surface area contributed by atoms with Crippen LogP contribution in [0, 0.1) is 0 Å². The molecule has 18 heavy (non-hydrogen) atoms. The quantitative estimate of drug-likeness (QED) is 0.876. The van der Waals surface area contributed by atoms with Gasteiger partial charge < -0.3 is 15.0 Å². The number of rotatable bonds is 4. The molecule has 0 saturated carbocycles. The molecule has 0 aliphatic carbocycles. The molecule has 2 atom stereocenters. The summed E-state index contributed by atoms with van der Waals surface area (Å²) >= 11 is 0. The van der Waals surface area contributed by atoms with Crippen LogP contribution in [-0.4, -0.2) is 11.1 Å². The van der Waals surface area contributed by atoms with Crippen molar-refractivity contribution in [3.05, 3.63) is 71.8 Å². The van der Waals surface area contributed by atoms with Crippen molar-refractivity contribution in [3.63, 3.8) is 0 Å². The molecule has 3 heteroatoms. The zero-order valence-electron chi connectivity index (χ0n) is 9.69. The van der Waals surface area contributed by atoms with Gasteiger partial charge in [-0.3, -0.25) is 0 Å². The van der Waals surface area contributed by atoms with Crippen LogP contribution in [0.25, 0.3) is 0 Å². The molecule has 0 radical (unpaired) electrons. The molecule has 0 saturated heterocycles. The Bertz CT molecular complexity index is 508. The maximum absolute atomic E-state index is 11.2. The number of aliphatic hydroxyl groups is 1. The third-order valence-electron chi connectivity index (χ3n) is 2.87. The van der Waals surface area contributed by atoms with E-state index < -0.39 is 18.0 Å². The maximum Gasteiger partial charge on any atom is 0.0911 e. The lowest BCUT2D eigenvalue weighted by Gasteiger charge is -2.24. The first-order chi connectivity index (χ1) is 8.70. The van der Waals surface area contributed by atoms with Crippen molar-refractivity contribution in [2.24, 2.45) is 0 Å². The molecule has 0 bridgehead atoms. The van der Waals surface area contributed by atoms with Crippen LogP contribution in [0.15, 0.2) is 60.7 Å². The van der Waals surface area contributed by atoms with Crippen LogP contribution in [0.3, 0.4) is 0 Å². The van der Waals surface area contributed by atoms with Gasteiger partial charge in [0.2, 0.25) is 0 Å². The van der Waals surface area contributed by atoms with E-state index in [4.69, 9.17) is 0 Å². The van der Waals surface area contributed by atoms with Crippen molar-refractivity contribution in [1.82, 2.24) is 0 Å². The van der Waals surface area contributed by atoms with Gasteiger partial charge >= 0.3 is 0 Å². The summed E-state index contributed by atoms with van der Waals surface area (Å²) in [6, 6.07) is 17.3. The highest BCUT2D eigenvalue weighted by molar-refractivity contribution is 5.75. The Labute approximate surface area is 105 Å². The average molecular weight is 241 g/mol. The zero-order chi connectivity index (χ0) is 13.0. The average Bonchev–Trinajstić information content (AvgIpc) is 2.40. The van der Waals surface area contributed by atoms with Gasteiger partial charge in [0.05, 0.1) is 18.0 Å². The van der Waals surface area contributed by atoms with Crippen molar-refractivity contribution in [1.29, 1.82) is 0 Å². The molecule has 0 spiro atoms. The summed E-state index contributed by atoms with van der Waals surface area (Å²) in [6.45, 7) is 0.